The number of ether oxygens (including phenoxy) is 2. The van der Waals surface area contributed by atoms with Crippen LogP contribution in [0.4, 0.5) is 0 Å². The minimum Gasteiger partial charge on any atom is -0.493 e. The van der Waals surface area contributed by atoms with E-state index >= 15 is 0 Å². The quantitative estimate of drug-likeness (QED) is 0.735. The molecule has 3 rings (SSSR count). The van der Waals surface area contributed by atoms with Gasteiger partial charge in [0.05, 0.1) is 27.0 Å². The van der Waals surface area contributed by atoms with Gasteiger partial charge in [-0.3, -0.25) is 4.79 Å². The Balaban J connectivity index is 1.47. The molecular weight excluding hydrogens is 332 g/mol. The highest BCUT2D eigenvalue weighted by Gasteiger charge is 2.22. The molecular formula is C20H26N2O4. The number of rotatable bonds is 8. The summed E-state index contributed by atoms with van der Waals surface area (Å²) >= 11 is 0. The maximum absolute atomic E-state index is 12.5. The number of hydrogen-bond donors (Lipinski definition) is 1. The van der Waals surface area contributed by atoms with Gasteiger partial charge in [0.15, 0.2) is 11.5 Å². The van der Waals surface area contributed by atoms with Crippen LogP contribution in [-0.2, 0) is 24.3 Å². The first-order valence-corrected chi connectivity index (χ1v) is 8.96. The molecule has 0 radical (unpaired) electrons. The zero-order valence-electron chi connectivity index (χ0n) is 15.4. The lowest BCUT2D eigenvalue weighted by Crippen LogP contribution is -2.36. The van der Waals surface area contributed by atoms with Crippen LogP contribution in [-0.4, -0.2) is 38.1 Å². The molecule has 2 aromatic rings. The highest BCUT2D eigenvalue weighted by Crippen LogP contribution is 2.33. The van der Waals surface area contributed by atoms with Gasteiger partial charge in [0.25, 0.3) is 0 Å². The normalized spacial score (nSPS) is 13.4. The highest BCUT2D eigenvalue weighted by molar-refractivity contribution is 5.76. The number of nitrogens with one attached hydrogen (secondary N) is 1. The van der Waals surface area contributed by atoms with Crippen molar-refractivity contribution in [1.29, 1.82) is 0 Å². The molecule has 0 unspecified atom stereocenters. The van der Waals surface area contributed by atoms with E-state index < -0.39 is 0 Å². The summed E-state index contributed by atoms with van der Waals surface area (Å²) in [5.74, 6) is 2.56. The molecule has 0 saturated carbocycles. The number of methoxy groups -OCH3 is 2. The fraction of sp³-hybridized carbons (Fsp3) is 0.450. The molecule has 1 aromatic heterocycles. The first-order valence-electron chi connectivity index (χ1n) is 8.96. The first-order chi connectivity index (χ1) is 12.7. The van der Waals surface area contributed by atoms with Crippen LogP contribution in [0.2, 0.25) is 0 Å². The van der Waals surface area contributed by atoms with E-state index in [1.807, 2.05) is 29.2 Å². The van der Waals surface area contributed by atoms with Gasteiger partial charge in [0, 0.05) is 19.5 Å². The first kappa shape index (κ1) is 18.3. The molecule has 1 N–H and O–H groups in total. The van der Waals surface area contributed by atoms with Gasteiger partial charge in [-0.15, -0.1) is 0 Å². The van der Waals surface area contributed by atoms with E-state index in [1.165, 1.54) is 5.56 Å². The van der Waals surface area contributed by atoms with Crippen molar-refractivity contribution in [3.05, 3.63) is 47.4 Å². The lowest BCUT2D eigenvalue weighted by molar-refractivity contribution is -0.132. The summed E-state index contributed by atoms with van der Waals surface area (Å²) in [6.45, 7) is 2.87. The Hall–Kier alpha value is -2.47. The summed E-state index contributed by atoms with van der Waals surface area (Å²) in [5.41, 5.74) is 2.37. The average Bonchev–Trinajstić information content (AvgIpc) is 3.19. The third kappa shape index (κ3) is 4.38. The number of fused-ring (bicyclic) bond motifs is 1. The van der Waals surface area contributed by atoms with E-state index in [0.717, 1.165) is 43.0 Å². The van der Waals surface area contributed by atoms with Crippen LogP contribution in [0.3, 0.4) is 0 Å². The summed E-state index contributed by atoms with van der Waals surface area (Å²) in [4.78, 5) is 14.4. The second-order valence-corrected chi connectivity index (χ2v) is 6.40. The van der Waals surface area contributed by atoms with E-state index in [-0.39, 0.29) is 5.91 Å². The van der Waals surface area contributed by atoms with E-state index in [1.54, 1.807) is 20.5 Å². The molecule has 0 aliphatic carbocycles. The number of furan rings is 1. The minimum atomic E-state index is 0.199. The zero-order chi connectivity index (χ0) is 18.4. The van der Waals surface area contributed by atoms with Crippen molar-refractivity contribution in [3.63, 3.8) is 0 Å². The predicted molar refractivity (Wildman–Crippen MR) is 98.3 cm³/mol. The molecule has 26 heavy (non-hydrogen) atoms. The SMILES string of the molecule is COc1cc2c(cc1OC)CN(C(=O)CCCNCc1ccco1)CC2. The molecule has 1 amide bonds. The Morgan fingerprint density at radius 2 is 2.00 bits per heavy atom. The van der Waals surface area contributed by atoms with Gasteiger partial charge in [-0.05, 0) is 54.8 Å². The van der Waals surface area contributed by atoms with Crippen molar-refractivity contribution in [2.75, 3.05) is 27.3 Å². The van der Waals surface area contributed by atoms with Gasteiger partial charge >= 0.3 is 0 Å². The van der Waals surface area contributed by atoms with Gasteiger partial charge in [-0.1, -0.05) is 0 Å². The van der Waals surface area contributed by atoms with Gasteiger partial charge < -0.3 is 24.1 Å². The summed E-state index contributed by atoms with van der Waals surface area (Å²) < 4.78 is 16.0. The smallest absolute Gasteiger partial charge is 0.222 e. The fourth-order valence-electron chi connectivity index (χ4n) is 3.24. The molecule has 0 saturated heterocycles. The van der Waals surface area contributed by atoms with Crippen LogP contribution in [0.5, 0.6) is 11.5 Å². The molecule has 140 valence electrons. The molecule has 6 heteroatoms. The Morgan fingerprint density at radius 1 is 1.23 bits per heavy atom. The fourth-order valence-corrected chi connectivity index (χ4v) is 3.24. The Labute approximate surface area is 154 Å². The van der Waals surface area contributed by atoms with Crippen LogP contribution < -0.4 is 14.8 Å². The molecule has 0 fully saturated rings. The van der Waals surface area contributed by atoms with Crippen LogP contribution in [0.15, 0.2) is 34.9 Å². The van der Waals surface area contributed by atoms with E-state index in [2.05, 4.69) is 5.32 Å². The van der Waals surface area contributed by atoms with Crippen molar-refractivity contribution in [2.24, 2.45) is 0 Å². The Bertz CT molecular complexity index is 728. The van der Waals surface area contributed by atoms with E-state index in [0.29, 0.717) is 25.3 Å². The van der Waals surface area contributed by atoms with Crippen molar-refractivity contribution < 1.29 is 18.7 Å². The van der Waals surface area contributed by atoms with Crippen molar-refractivity contribution in [1.82, 2.24) is 10.2 Å². The maximum Gasteiger partial charge on any atom is 0.222 e. The van der Waals surface area contributed by atoms with Crippen LogP contribution >= 0.6 is 0 Å². The zero-order valence-corrected chi connectivity index (χ0v) is 15.4. The lowest BCUT2D eigenvalue weighted by atomic mass is 9.98. The Kier molecular flexibility index (Phi) is 6.17. The summed E-state index contributed by atoms with van der Waals surface area (Å²) in [6.07, 6.45) is 3.88. The molecule has 0 spiro atoms. The summed E-state index contributed by atoms with van der Waals surface area (Å²) in [6, 6.07) is 7.82. The molecule has 0 atom stereocenters. The Morgan fingerprint density at radius 3 is 2.69 bits per heavy atom. The third-order valence-electron chi connectivity index (χ3n) is 4.69. The van der Waals surface area contributed by atoms with Gasteiger partial charge in [0.2, 0.25) is 5.91 Å². The largest absolute Gasteiger partial charge is 0.493 e. The number of amides is 1. The number of benzene rings is 1. The second-order valence-electron chi connectivity index (χ2n) is 6.40. The lowest BCUT2D eigenvalue weighted by Gasteiger charge is -2.29. The van der Waals surface area contributed by atoms with Crippen LogP contribution in [0.1, 0.15) is 29.7 Å². The highest BCUT2D eigenvalue weighted by atomic mass is 16.5. The van der Waals surface area contributed by atoms with E-state index in [4.69, 9.17) is 13.9 Å². The monoisotopic (exact) mass is 358 g/mol. The maximum atomic E-state index is 12.5. The van der Waals surface area contributed by atoms with Gasteiger partial charge in [0.1, 0.15) is 5.76 Å². The van der Waals surface area contributed by atoms with Crippen LogP contribution in [0.25, 0.3) is 0 Å². The molecule has 1 aliphatic heterocycles. The number of carbonyl (C=O) groups is 1. The summed E-state index contributed by atoms with van der Waals surface area (Å²) in [5, 5.41) is 3.29. The molecule has 1 aromatic carbocycles. The molecule has 6 nitrogen and oxygen atoms in total. The van der Waals surface area contributed by atoms with Gasteiger partial charge in [-0.25, -0.2) is 0 Å². The standard InChI is InChI=1S/C20H26N2O4/c1-24-18-11-15-7-9-22(14-16(15)12-19(18)25-2)20(23)6-3-8-21-13-17-5-4-10-26-17/h4-5,10-12,21H,3,6-9,13-14H2,1-2H3. The number of carbonyl (C=O) groups excluding carboxylic acids is 1. The van der Waals surface area contributed by atoms with Crippen molar-refractivity contribution in [3.8, 4) is 11.5 Å². The van der Waals surface area contributed by atoms with Gasteiger partial charge in [-0.2, -0.15) is 0 Å². The topological polar surface area (TPSA) is 63.9 Å². The minimum absolute atomic E-state index is 0.199. The predicted octanol–water partition coefficient (Wildman–Crippen LogP) is 2.75. The van der Waals surface area contributed by atoms with E-state index in [9.17, 15) is 4.79 Å². The third-order valence-corrected chi connectivity index (χ3v) is 4.69. The molecule has 0 bridgehead atoms. The van der Waals surface area contributed by atoms with Crippen LogP contribution in [0, 0.1) is 0 Å². The average molecular weight is 358 g/mol. The second kappa shape index (κ2) is 8.76. The summed E-state index contributed by atoms with van der Waals surface area (Å²) in [7, 11) is 3.27. The number of nitrogens with zero attached hydrogens (tertiary/aromatic N) is 1. The molecule has 1 aliphatic rings. The number of hydrogen-bond acceptors (Lipinski definition) is 5. The molecule has 2 heterocycles. The van der Waals surface area contributed by atoms with Crippen molar-refractivity contribution in [2.45, 2.75) is 32.4 Å². The van der Waals surface area contributed by atoms with Crippen molar-refractivity contribution >= 4 is 5.91 Å².